The van der Waals surface area contributed by atoms with E-state index in [0.29, 0.717) is 0 Å². The molecular weight excluding hydrogens is 218 g/mol. The number of esters is 1. The van der Waals surface area contributed by atoms with Crippen LogP contribution in [0.4, 0.5) is 8.78 Å². The summed E-state index contributed by atoms with van der Waals surface area (Å²) >= 11 is 0. The van der Waals surface area contributed by atoms with E-state index in [-0.39, 0.29) is 11.1 Å². The number of aliphatic hydroxyl groups excluding tert-OH is 1. The number of carbonyl (C=O) groups is 1. The molecule has 0 saturated carbocycles. The Bertz CT molecular complexity index is 366. The van der Waals surface area contributed by atoms with Crippen molar-refractivity contribution in [2.24, 2.45) is 0 Å². The maximum Gasteiger partial charge on any atom is 0.339 e. The Hall–Kier alpha value is -1.49. The van der Waals surface area contributed by atoms with Crippen molar-refractivity contribution < 1.29 is 23.4 Å². The van der Waals surface area contributed by atoms with Crippen molar-refractivity contribution in [2.75, 3.05) is 7.11 Å². The SMILES string of the molecule is COC(=O)C(O)c1ccccc1CC(F)F. The third kappa shape index (κ3) is 3.00. The summed E-state index contributed by atoms with van der Waals surface area (Å²) in [5.41, 5.74) is 0.407. The summed E-state index contributed by atoms with van der Waals surface area (Å²) in [5, 5.41) is 9.56. The molecule has 0 spiro atoms. The van der Waals surface area contributed by atoms with Gasteiger partial charge in [0.05, 0.1) is 7.11 Å². The van der Waals surface area contributed by atoms with E-state index < -0.39 is 24.9 Å². The lowest BCUT2D eigenvalue weighted by Gasteiger charge is -2.13. The molecule has 0 aliphatic heterocycles. The Labute approximate surface area is 91.7 Å². The molecule has 88 valence electrons. The number of halogens is 2. The van der Waals surface area contributed by atoms with E-state index in [9.17, 15) is 18.7 Å². The molecule has 16 heavy (non-hydrogen) atoms. The molecule has 1 rings (SSSR count). The second-order valence-corrected chi connectivity index (χ2v) is 3.22. The standard InChI is InChI=1S/C11H12F2O3/c1-16-11(15)10(14)8-5-3-2-4-7(8)6-9(12)13/h2-5,9-10,14H,6H2,1H3. The smallest absolute Gasteiger partial charge is 0.339 e. The second kappa shape index (κ2) is 5.55. The zero-order chi connectivity index (χ0) is 12.1. The van der Waals surface area contributed by atoms with Gasteiger partial charge in [-0.25, -0.2) is 13.6 Å². The Kier molecular flexibility index (Phi) is 4.37. The van der Waals surface area contributed by atoms with Crippen molar-refractivity contribution in [1.29, 1.82) is 0 Å². The Morgan fingerprint density at radius 3 is 2.62 bits per heavy atom. The van der Waals surface area contributed by atoms with Gasteiger partial charge in [-0.1, -0.05) is 24.3 Å². The number of hydrogen-bond acceptors (Lipinski definition) is 3. The van der Waals surface area contributed by atoms with Crippen molar-refractivity contribution in [3.05, 3.63) is 35.4 Å². The molecule has 0 amide bonds. The normalized spacial score (nSPS) is 12.6. The van der Waals surface area contributed by atoms with Gasteiger partial charge in [0.1, 0.15) is 0 Å². The first-order valence-corrected chi connectivity index (χ1v) is 4.68. The van der Waals surface area contributed by atoms with Crippen LogP contribution in [0, 0.1) is 0 Å². The van der Waals surface area contributed by atoms with Crippen LogP contribution in [0.1, 0.15) is 17.2 Å². The molecule has 1 unspecified atom stereocenters. The third-order valence-electron chi connectivity index (χ3n) is 2.15. The summed E-state index contributed by atoms with van der Waals surface area (Å²) < 4.78 is 28.8. The Morgan fingerprint density at radius 1 is 1.44 bits per heavy atom. The number of benzene rings is 1. The average molecular weight is 230 g/mol. The highest BCUT2D eigenvalue weighted by Crippen LogP contribution is 2.21. The largest absolute Gasteiger partial charge is 0.467 e. The molecular formula is C11H12F2O3. The highest BCUT2D eigenvalue weighted by molar-refractivity contribution is 5.76. The zero-order valence-electron chi connectivity index (χ0n) is 8.69. The maximum absolute atomic E-state index is 12.2. The van der Waals surface area contributed by atoms with Crippen LogP contribution in [0.3, 0.4) is 0 Å². The molecule has 0 radical (unpaired) electrons. The van der Waals surface area contributed by atoms with Crippen molar-refractivity contribution in [2.45, 2.75) is 19.0 Å². The van der Waals surface area contributed by atoms with Crippen LogP contribution in [0.5, 0.6) is 0 Å². The Morgan fingerprint density at radius 2 is 2.06 bits per heavy atom. The molecule has 1 aromatic carbocycles. The molecule has 0 aliphatic rings. The van der Waals surface area contributed by atoms with Gasteiger partial charge in [-0.3, -0.25) is 0 Å². The van der Waals surface area contributed by atoms with Crippen molar-refractivity contribution in [3.63, 3.8) is 0 Å². The van der Waals surface area contributed by atoms with E-state index >= 15 is 0 Å². The second-order valence-electron chi connectivity index (χ2n) is 3.22. The number of carbonyl (C=O) groups excluding carboxylic acids is 1. The fourth-order valence-electron chi connectivity index (χ4n) is 1.39. The lowest BCUT2D eigenvalue weighted by atomic mass is 10.00. The molecule has 0 heterocycles. The van der Waals surface area contributed by atoms with Gasteiger partial charge in [-0.15, -0.1) is 0 Å². The summed E-state index contributed by atoms with van der Waals surface area (Å²) in [6.07, 6.45) is -4.53. The molecule has 3 nitrogen and oxygen atoms in total. The minimum Gasteiger partial charge on any atom is -0.467 e. The van der Waals surface area contributed by atoms with Gasteiger partial charge in [0.15, 0.2) is 6.10 Å². The van der Waals surface area contributed by atoms with E-state index in [2.05, 4.69) is 4.74 Å². The van der Waals surface area contributed by atoms with E-state index in [4.69, 9.17) is 0 Å². The quantitative estimate of drug-likeness (QED) is 0.801. The highest BCUT2D eigenvalue weighted by Gasteiger charge is 2.21. The van der Waals surface area contributed by atoms with Crippen LogP contribution in [0.25, 0.3) is 0 Å². The lowest BCUT2D eigenvalue weighted by Crippen LogP contribution is -2.16. The fourth-order valence-corrected chi connectivity index (χ4v) is 1.39. The first-order chi connectivity index (χ1) is 7.56. The minimum atomic E-state index is -2.52. The topological polar surface area (TPSA) is 46.5 Å². The van der Waals surface area contributed by atoms with Crippen molar-refractivity contribution >= 4 is 5.97 Å². The van der Waals surface area contributed by atoms with Crippen LogP contribution in [0.15, 0.2) is 24.3 Å². The van der Waals surface area contributed by atoms with Crippen LogP contribution in [-0.2, 0) is 16.0 Å². The van der Waals surface area contributed by atoms with E-state index in [1.165, 1.54) is 12.1 Å². The van der Waals surface area contributed by atoms with Crippen molar-refractivity contribution in [1.82, 2.24) is 0 Å². The number of ether oxygens (including phenoxy) is 1. The first kappa shape index (κ1) is 12.6. The van der Waals surface area contributed by atoms with Gasteiger partial charge in [0.25, 0.3) is 0 Å². The molecule has 0 saturated heterocycles. The summed E-state index contributed by atoms with van der Waals surface area (Å²) in [6, 6.07) is 6.02. The molecule has 5 heteroatoms. The fraction of sp³-hybridized carbons (Fsp3) is 0.364. The summed E-state index contributed by atoms with van der Waals surface area (Å²) in [7, 11) is 1.13. The molecule has 0 bridgehead atoms. The highest BCUT2D eigenvalue weighted by atomic mass is 19.3. The van der Waals surface area contributed by atoms with Gasteiger partial charge in [-0.2, -0.15) is 0 Å². The van der Waals surface area contributed by atoms with Crippen LogP contribution < -0.4 is 0 Å². The monoisotopic (exact) mass is 230 g/mol. The van der Waals surface area contributed by atoms with Crippen LogP contribution >= 0.6 is 0 Å². The molecule has 0 aliphatic carbocycles. The lowest BCUT2D eigenvalue weighted by molar-refractivity contribution is -0.150. The van der Waals surface area contributed by atoms with Gasteiger partial charge in [0.2, 0.25) is 6.43 Å². The van der Waals surface area contributed by atoms with Crippen LogP contribution in [0.2, 0.25) is 0 Å². The minimum absolute atomic E-state index is 0.162. The number of rotatable bonds is 4. The predicted octanol–water partition coefficient (Wildman–Crippen LogP) is 1.70. The number of aliphatic hydroxyl groups is 1. The van der Waals surface area contributed by atoms with Crippen molar-refractivity contribution in [3.8, 4) is 0 Å². The first-order valence-electron chi connectivity index (χ1n) is 4.68. The third-order valence-corrected chi connectivity index (χ3v) is 2.15. The van der Waals surface area contributed by atoms with Gasteiger partial charge >= 0.3 is 5.97 Å². The van der Waals surface area contributed by atoms with Gasteiger partial charge < -0.3 is 9.84 Å². The molecule has 1 atom stereocenters. The molecule has 1 N–H and O–H groups in total. The molecule has 0 aromatic heterocycles. The summed E-state index contributed by atoms with van der Waals surface area (Å²) in [6.45, 7) is 0. The summed E-state index contributed by atoms with van der Waals surface area (Å²) in [5.74, 6) is -0.860. The Balaban J connectivity index is 2.98. The maximum atomic E-state index is 12.2. The van der Waals surface area contributed by atoms with E-state index in [1.54, 1.807) is 12.1 Å². The number of methoxy groups -OCH3 is 1. The number of alkyl halides is 2. The van der Waals surface area contributed by atoms with Gasteiger partial charge in [0, 0.05) is 6.42 Å². The van der Waals surface area contributed by atoms with Gasteiger partial charge in [-0.05, 0) is 11.1 Å². The molecule has 1 aromatic rings. The predicted molar refractivity (Wildman–Crippen MR) is 53.1 cm³/mol. The number of hydrogen-bond donors (Lipinski definition) is 1. The summed E-state index contributed by atoms with van der Waals surface area (Å²) in [4.78, 5) is 11.1. The molecule has 0 fully saturated rings. The van der Waals surface area contributed by atoms with E-state index in [0.717, 1.165) is 7.11 Å². The van der Waals surface area contributed by atoms with Crippen LogP contribution in [-0.4, -0.2) is 24.6 Å². The average Bonchev–Trinajstić information content (AvgIpc) is 2.27. The van der Waals surface area contributed by atoms with E-state index in [1.807, 2.05) is 0 Å². The zero-order valence-corrected chi connectivity index (χ0v) is 8.69.